The van der Waals surface area contributed by atoms with Gasteiger partial charge in [0.25, 0.3) is 0 Å². The van der Waals surface area contributed by atoms with Crippen molar-refractivity contribution in [2.24, 2.45) is 5.92 Å². The maximum Gasteiger partial charge on any atom is 0.115 e. The molecule has 3 fully saturated rings. The van der Waals surface area contributed by atoms with Gasteiger partial charge in [-0.15, -0.1) is 0 Å². The predicted molar refractivity (Wildman–Crippen MR) is 59.6 cm³/mol. The Balaban J connectivity index is 1.86. The van der Waals surface area contributed by atoms with Crippen LogP contribution in [0.5, 0.6) is 0 Å². The zero-order chi connectivity index (χ0) is 10.7. The van der Waals surface area contributed by atoms with E-state index in [1.807, 2.05) is 0 Å². The second-order valence-corrected chi connectivity index (χ2v) is 6.46. The first-order valence-electron chi connectivity index (χ1n) is 6.48. The normalized spacial score (nSPS) is 42.8. The van der Waals surface area contributed by atoms with E-state index in [2.05, 4.69) is 18.7 Å². The van der Waals surface area contributed by atoms with Gasteiger partial charge in [-0.05, 0) is 44.4 Å². The summed E-state index contributed by atoms with van der Waals surface area (Å²) in [6.45, 7) is 5.28. The summed E-state index contributed by atoms with van der Waals surface area (Å²) < 4.78 is 13.7. The molecule has 15 heavy (non-hydrogen) atoms. The fourth-order valence-electron chi connectivity index (χ4n) is 4.23. The van der Waals surface area contributed by atoms with Crippen molar-refractivity contribution < 1.29 is 4.39 Å². The van der Waals surface area contributed by atoms with Crippen LogP contribution in [0, 0.1) is 5.92 Å². The second kappa shape index (κ2) is 2.97. The molecular formula is C13H22FN. The van der Waals surface area contributed by atoms with Crippen LogP contribution >= 0.6 is 0 Å². The van der Waals surface area contributed by atoms with Gasteiger partial charge in [0.05, 0.1) is 0 Å². The summed E-state index contributed by atoms with van der Waals surface area (Å²) in [6.07, 6.45) is 6.72. The number of halogens is 1. The molecule has 0 aromatic rings. The van der Waals surface area contributed by atoms with E-state index in [1.165, 1.54) is 32.1 Å². The largest absolute Gasteiger partial charge is 0.289 e. The van der Waals surface area contributed by atoms with Crippen molar-refractivity contribution in [2.75, 3.05) is 6.54 Å². The predicted octanol–water partition coefficient (Wildman–Crippen LogP) is 3.14. The Hall–Kier alpha value is -0.110. The molecule has 0 amide bonds. The van der Waals surface area contributed by atoms with Crippen LogP contribution in [-0.2, 0) is 0 Å². The van der Waals surface area contributed by atoms with E-state index < -0.39 is 6.17 Å². The zero-order valence-electron chi connectivity index (χ0n) is 9.93. The van der Waals surface area contributed by atoms with Crippen LogP contribution in [0.1, 0.15) is 52.4 Å². The van der Waals surface area contributed by atoms with E-state index in [9.17, 15) is 4.39 Å². The Morgan fingerprint density at radius 2 is 1.93 bits per heavy atom. The highest BCUT2D eigenvalue weighted by molar-refractivity contribution is 5.19. The summed E-state index contributed by atoms with van der Waals surface area (Å²) >= 11 is 0. The molecule has 1 nitrogen and oxygen atoms in total. The van der Waals surface area contributed by atoms with Gasteiger partial charge in [0.1, 0.15) is 6.17 Å². The minimum atomic E-state index is -0.554. The minimum absolute atomic E-state index is 0.254. The Bertz CT molecular complexity index is 272. The lowest BCUT2D eigenvalue weighted by molar-refractivity contribution is 0.115. The van der Waals surface area contributed by atoms with Crippen LogP contribution in [-0.4, -0.2) is 28.7 Å². The molecule has 2 heterocycles. The molecule has 1 aliphatic carbocycles. The van der Waals surface area contributed by atoms with Crippen LogP contribution < -0.4 is 0 Å². The standard InChI is InChI=1S/C13H22FN/c1-10(2)7-13-6-5-12(3-4-12)15(13)9-11(14)8-13/h10-11H,3-9H2,1-2H3/t11-,13-/m1/s1. The maximum atomic E-state index is 13.7. The molecular weight excluding hydrogens is 189 g/mol. The molecule has 2 atom stereocenters. The Morgan fingerprint density at radius 1 is 1.27 bits per heavy atom. The monoisotopic (exact) mass is 211 g/mol. The number of hydrogen-bond donors (Lipinski definition) is 0. The fourth-order valence-corrected chi connectivity index (χ4v) is 4.23. The Labute approximate surface area is 92.0 Å². The highest BCUT2D eigenvalue weighted by Gasteiger charge is 2.63. The smallest absolute Gasteiger partial charge is 0.115 e. The first-order chi connectivity index (χ1) is 7.06. The lowest BCUT2D eigenvalue weighted by atomic mass is 9.85. The van der Waals surface area contributed by atoms with E-state index in [-0.39, 0.29) is 5.54 Å². The maximum absolute atomic E-state index is 13.7. The van der Waals surface area contributed by atoms with Gasteiger partial charge in [-0.25, -0.2) is 4.39 Å². The average Bonchev–Trinajstić information content (AvgIpc) is 2.77. The van der Waals surface area contributed by atoms with Crippen molar-refractivity contribution in [3.63, 3.8) is 0 Å². The molecule has 86 valence electrons. The molecule has 0 bridgehead atoms. The number of alkyl halides is 1. The highest BCUT2D eigenvalue weighted by atomic mass is 19.1. The van der Waals surface area contributed by atoms with E-state index in [0.717, 1.165) is 13.0 Å². The molecule has 2 aliphatic heterocycles. The Morgan fingerprint density at radius 3 is 2.53 bits per heavy atom. The summed E-state index contributed by atoms with van der Waals surface area (Å²) in [5.74, 6) is 0.701. The molecule has 0 unspecified atom stereocenters. The quantitative estimate of drug-likeness (QED) is 0.678. The molecule has 2 saturated heterocycles. The molecule has 3 rings (SSSR count). The third-order valence-corrected chi connectivity index (χ3v) is 4.80. The van der Waals surface area contributed by atoms with Crippen LogP contribution in [0.15, 0.2) is 0 Å². The van der Waals surface area contributed by atoms with Crippen molar-refractivity contribution in [3.8, 4) is 0 Å². The molecule has 1 saturated carbocycles. The first kappa shape index (κ1) is 10.1. The van der Waals surface area contributed by atoms with Crippen molar-refractivity contribution in [3.05, 3.63) is 0 Å². The summed E-state index contributed by atoms with van der Waals surface area (Å²) in [7, 11) is 0. The van der Waals surface area contributed by atoms with Gasteiger partial charge in [-0.2, -0.15) is 0 Å². The van der Waals surface area contributed by atoms with Crippen molar-refractivity contribution in [2.45, 2.75) is 69.6 Å². The molecule has 2 heteroatoms. The minimum Gasteiger partial charge on any atom is -0.289 e. The summed E-state index contributed by atoms with van der Waals surface area (Å²) in [5, 5.41) is 0. The van der Waals surface area contributed by atoms with E-state index in [1.54, 1.807) is 0 Å². The van der Waals surface area contributed by atoms with Gasteiger partial charge < -0.3 is 0 Å². The number of nitrogens with zero attached hydrogens (tertiary/aromatic N) is 1. The lowest BCUT2D eigenvalue weighted by Gasteiger charge is -2.36. The second-order valence-electron chi connectivity index (χ2n) is 6.46. The van der Waals surface area contributed by atoms with Crippen molar-refractivity contribution >= 4 is 0 Å². The van der Waals surface area contributed by atoms with Gasteiger partial charge in [-0.3, -0.25) is 4.90 Å². The van der Waals surface area contributed by atoms with Crippen LogP contribution in [0.25, 0.3) is 0 Å². The Kier molecular flexibility index (Phi) is 1.99. The van der Waals surface area contributed by atoms with E-state index in [0.29, 0.717) is 11.5 Å². The van der Waals surface area contributed by atoms with Crippen molar-refractivity contribution in [1.82, 2.24) is 4.90 Å². The van der Waals surface area contributed by atoms with E-state index >= 15 is 0 Å². The summed E-state index contributed by atoms with van der Waals surface area (Å²) in [5.41, 5.74) is 0.722. The lowest BCUT2D eigenvalue weighted by Crippen LogP contribution is -2.44. The van der Waals surface area contributed by atoms with Crippen molar-refractivity contribution in [1.29, 1.82) is 0 Å². The van der Waals surface area contributed by atoms with Gasteiger partial charge in [0, 0.05) is 17.6 Å². The topological polar surface area (TPSA) is 3.24 Å². The third-order valence-electron chi connectivity index (χ3n) is 4.80. The summed E-state index contributed by atoms with van der Waals surface area (Å²) in [6, 6.07) is 0. The fraction of sp³-hybridized carbons (Fsp3) is 1.00. The van der Waals surface area contributed by atoms with Crippen LogP contribution in [0.2, 0.25) is 0 Å². The van der Waals surface area contributed by atoms with Gasteiger partial charge in [0.15, 0.2) is 0 Å². The van der Waals surface area contributed by atoms with Gasteiger partial charge >= 0.3 is 0 Å². The first-order valence-corrected chi connectivity index (χ1v) is 6.48. The molecule has 0 aromatic carbocycles. The van der Waals surface area contributed by atoms with Gasteiger partial charge in [-0.1, -0.05) is 13.8 Å². The highest BCUT2D eigenvalue weighted by Crippen LogP contribution is 2.60. The number of rotatable bonds is 2. The van der Waals surface area contributed by atoms with Gasteiger partial charge in [0.2, 0.25) is 0 Å². The zero-order valence-corrected chi connectivity index (χ0v) is 9.93. The number of hydrogen-bond acceptors (Lipinski definition) is 1. The molecule has 0 N–H and O–H groups in total. The third kappa shape index (κ3) is 1.37. The average molecular weight is 211 g/mol. The molecule has 0 radical (unpaired) electrons. The molecule has 3 aliphatic rings. The number of fused-ring (bicyclic) bond motifs is 2. The molecule has 1 spiro atoms. The van der Waals surface area contributed by atoms with Crippen LogP contribution in [0.3, 0.4) is 0 Å². The SMILES string of the molecule is CC(C)C[C@@]12CCC3(CC3)N1C[C@H](F)C2. The van der Waals surface area contributed by atoms with E-state index in [4.69, 9.17) is 0 Å². The van der Waals surface area contributed by atoms with Crippen LogP contribution in [0.4, 0.5) is 4.39 Å². The summed E-state index contributed by atoms with van der Waals surface area (Å²) in [4.78, 5) is 2.57. The molecule has 0 aromatic heterocycles.